The van der Waals surface area contributed by atoms with Crippen LogP contribution in [0.15, 0.2) is 23.3 Å². The van der Waals surface area contributed by atoms with Crippen molar-refractivity contribution in [2.45, 2.75) is 40.0 Å². The Hall–Kier alpha value is -2.50. The number of amides is 1. The number of aldehydes is 1. The molecule has 0 unspecified atom stereocenters. The molecule has 0 aliphatic rings. The zero-order valence-electron chi connectivity index (χ0n) is 16.3. The fourth-order valence-corrected chi connectivity index (χ4v) is 2.19. The Bertz CT molecular complexity index is 623. The summed E-state index contributed by atoms with van der Waals surface area (Å²) < 4.78 is 16.1. The molecule has 0 bridgehead atoms. The predicted octanol–water partition coefficient (Wildman–Crippen LogP) is 3.54. The first-order valence-electron chi connectivity index (χ1n) is 8.66. The third-order valence-corrected chi connectivity index (χ3v) is 4.11. The van der Waals surface area contributed by atoms with E-state index in [1.807, 2.05) is 20.8 Å². The van der Waals surface area contributed by atoms with Crippen molar-refractivity contribution < 1.29 is 23.8 Å². The normalized spacial score (nSPS) is 10.0. The smallest absolute Gasteiger partial charge is 0.220 e. The van der Waals surface area contributed by atoms with Crippen LogP contribution in [-0.4, -0.2) is 39.6 Å². The number of carbonyl (C=O) groups is 2. The van der Waals surface area contributed by atoms with Gasteiger partial charge in [-0.1, -0.05) is 11.1 Å². The van der Waals surface area contributed by atoms with Gasteiger partial charge in [-0.25, -0.2) is 0 Å². The lowest BCUT2D eigenvalue weighted by atomic mass is 10.1. The summed E-state index contributed by atoms with van der Waals surface area (Å²) in [6.45, 7) is 7.14. The molecule has 6 heteroatoms. The number of ether oxygens (including phenoxy) is 3. The first kappa shape index (κ1) is 21.5. The van der Waals surface area contributed by atoms with Crippen LogP contribution < -0.4 is 19.5 Å². The Kier molecular flexibility index (Phi) is 9.26. The molecular formula is C20H29NO5. The van der Waals surface area contributed by atoms with Gasteiger partial charge in [-0.2, -0.15) is 0 Å². The van der Waals surface area contributed by atoms with E-state index in [-0.39, 0.29) is 5.91 Å². The van der Waals surface area contributed by atoms with Gasteiger partial charge in [0.25, 0.3) is 0 Å². The fraction of sp³-hybridized carbons (Fsp3) is 0.500. The molecular weight excluding hydrogens is 334 g/mol. The number of hydrogen-bond acceptors (Lipinski definition) is 5. The van der Waals surface area contributed by atoms with Crippen LogP contribution in [0.3, 0.4) is 0 Å². The van der Waals surface area contributed by atoms with E-state index in [4.69, 9.17) is 14.2 Å². The zero-order chi connectivity index (χ0) is 19.5. The van der Waals surface area contributed by atoms with Gasteiger partial charge in [-0.15, -0.1) is 0 Å². The first-order valence-corrected chi connectivity index (χ1v) is 8.66. The molecule has 1 aromatic rings. The van der Waals surface area contributed by atoms with E-state index < -0.39 is 0 Å². The van der Waals surface area contributed by atoms with E-state index in [0.29, 0.717) is 48.7 Å². The molecule has 0 aliphatic heterocycles. The molecule has 0 radical (unpaired) electrons. The monoisotopic (exact) mass is 363 g/mol. The van der Waals surface area contributed by atoms with E-state index in [2.05, 4.69) is 5.32 Å². The van der Waals surface area contributed by atoms with Crippen molar-refractivity contribution in [2.75, 3.05) is 27.4 Å². The Morgan fingerprint density at radius 2 is 1.69 bits per heavy atom. The van der Waals surface area contributed by atoms with Crippen LogP contribution in [0.5, 0.6) is 17.2 Å². The molecule has 0 heterocycles. The van der Waals surface area contributed by atoms with Gasteiger partial charge in [0.15, 0.2) is 6.29 Å². The van der Waals surface area contributed by atoms with Crippen molar-refractivity contribution >= 4 is 12.2 Å². The molecule has 0 atom stereocenters. The second-order valence-corrected chi connectivity index (χ2v) is 6.22. The number of benzene rings is 1. The second-order valence-electron chi connectivity index (χ2n) is 6.22. The van der Waals surface area contributed by atoms with Crippen LogP contribution in [-0.2, 0) is 4.79 Å². The highest BCUT2D eigenvalue weighted by molar-refractivity contribution is 5.84. The molecule has 0 saturated heterocycles. The van der Waals surface area contributed by atoms with Gasteiger partial charge in [-0.05, 0) is 33.6 Å². The van der Waals surface area contributed by atoms with Gasteiger partial charge in [0.2, 0.25) is 5.91 Å². The summed E-state index contributed by atoms with van der Waals surface area (Å²) in [7, 11) is 2.97. The van der Waals surface area contributed by atoms with E-state index in [1.54, 1.807) is 12.1 Å². The lowest BCUT2D eigenvalue weighted by Crippen LogP contribution is -2.25. The number of methoxy groups -OCH3 is 2. The third-order valence-electron chi connectivity index (χ3n) is 4.11. The molecule has 6 nitrogen and oxygen atoms in total. The molecule has 26 heavy (non-hydrogen) atoms. The van der Waals surface area contributed by atoms with Crippen molar-refractivity contribution in [1.82, 2.24) is 5.32 Å². The minimum atomic E-state index is 0.0456. The Balaban J connectivity index is 2.41. The number of hydrogen-bond donors (Lipinski definition) is 1. The van der Waals surface area contributed by atoms with E-state index >= 15 is 0 Å². The van der Waals surface area contributed by atoms with Gasteiger partial charge >= 0.3 is 0 Å². The van der Waals surface area contributed by atoms with Gasteiger partial charge < -0.3 is 19.5 Å². The second kappa shape index (κ2) is 11.2. The average Bonchev–Trinajstić information content (AvgIpc) is 2.64. The molecule has 1 aromatic carbocycles. The summed E-state index contributed by atoms with van der Waals surface area (Å²) in [5.41, 5.74) is 2.76. The Morgan fingerprint density at radius 1 is 1.08 bits per heavy atom. The summed E-state index contributed by atoms with van der Waals surface area (Å²) >= 11 is 0. The summed E-state index contributed by atoms with van der Waals surface area (Å²) in [4.78, 5) is 22.9. The standard InChI is InChI=1S/C20H29NO5/c1-14(2)15(3)12-21-20(23)8-6-7-9-26-16-10-18(24-4)17(13-22)19(11-16)25-5/h10-11,13H,6-9,12H2,1-5H3,(H,21,23). The SMILES string of the molecule is COc1cc(OCCCCC(=O)NCC(C)=C(C)C)cc(OC)c1C=O. The number of allylic oxidation sites excluding steroid dienone is 1. The molecule has 0 spiro atoms. The lowest BCUT2D eigenvalue weighted by Gasteiger charge is -2.13. The minimum absolute atomic E-state index is 0.0456. The molecule has 1 rings (SSSR count). The Morgan fingerprint density at radius 3 is 2.19 bits per heavy atom. The summed E-state index contributed by atoms with van der Waals surface area (Å²) in [6, 6.07) is 3.31. The maximum absolute atomic E-state index is 11.8. The highest BCUT2D eigenvalue weighted by Gasteiger charge is 2.12. The van der Waals surface area contributed by atoms with Crippen LogP contribution in [0.2, 0.25) is 0 Å². The van der Waals surface area contributed by atoms with E-state index in [1.165, 1.54) is 25.4 Å². The van der Waals surface area contributed by atoms with Crippen molar-refractivity contribution in [1.29, 1.82) is 0 Å². The highest BCUT2D eigenvalue weighted by Crippen LogP contribution is 2.32. The van der Waals surface area contributed by atoms with Crippen molar-refractivity contribution in [2.24, 2.45) is 0 Å². The fourth-order valence-electron chi connectivity index (χ4n) is 2.19. The maximum atomic E-state index is 11.8. The zero-order valence-corrected chi connectivity index (χ0v) is 16.3. The quantitative estimate of drug-likeness (QED) is 0.370. The van der Waals surface area contributed by atoms with Crippen LogP contribution >= 0.6 is 0 Å². The van der Waals surface area contributed by atoms with Crippen LogP contribution in [0.1, 0.15) is 50.4 Å². The molecule has 1 N–H and O–H groups in total. The van der Waals surface area contributed by atoms with E-state index in [9.17, 15) is 9.59 Å². The number of rotatable bonds is 11. The van der Waals surface area contributed by atoms with Crippen LogP contribution in [0, 0.1) is 0 Å². The third kappa shape index (κ3) is 6.78. The highest BCUT2D eigenvalue weighted by atomic mass is 16.5. The van der Waals surface area contributed by atoms with Gasteiger partial charge in [-0.3, -0.25) is 9.59 Å². The van der Waals surface area contributed by atoms with Crippen molar-refractivity contribution in [3.8, 4) is 17.2 Å². The van der Waals surface area contributed by atoms with Crippen molar-refractivity contribution in [3.63, 3.8) is 0 Å². The molecule has 0 fully saturated rings. The summed E-state index contributed by atoms with van der Waals surface area (Å²) in [6.07, 6.45) is 2.64. The number of unbranched alkanes of at least 4 members (excludes halogenated alkanes) is 1. The Labute approximate surface area is 155 Å². The minimum Gasteiger partial charge on any atom is -0.496 e. The maximum Gasteiger partial charge on any atom is 0.220 e. The molecule has 144 valence electrons. The topological polar surface area (TPSA) is 73.9 Å². The summed E-state index contributed by atoms with van der Waals surface area (Å²) in [5.74, 6) is 1.42. The van der Waals surface area contributed by atoms with Gasteiger partial charge in [0.05, 0.1) is 26.4 Å². The van der Waals surface area contributed by atoms with Crippen LogP contribution in [0.25, 0.3) is 0 Å². The van der Waals surface area contributed by atoms with Crippen molar-refractivity contribution in [3.05, 3.63) is 28.8 Å². The van der Waals surface area contributed by atoms with Gasteiger partial charge in [0.1, 0.15) is 17.2 Å². The molecule has 0 aliphatic carbocycles. The van der Waals surface area contributed by atoms with Crippen LogP contribution in [0.4, 0.5) is 0 Å². The van der Waals surface area contributed by atoms with Gasteiger partial charge in [0, 0.05) is 25.1 Å². The largest absolute Gasteiger partial charge is 0.496 e. The number of carbonyl (C=O) groups excluding carboxylic acids is 2. The molecule has 0 saturated carbocycles. The summed E-state index contributed by atoms with van der Waals surface area (Å²) in [5, 5.41) is 2.91. The molecule has 1 amide bonds. The first-order chi connectivity index (χ1) is 12.4. The molecule has 0 aromatic heterocycles. The predicted molar refractivity (Wildman–Crippen MR) is 101 cm³/mol. The average molecular weight is 363 g/mol. The number of nitrogens with one attached hydrogen (secondary N) is 1. The van der Waals surface area contributed by atoms with E-state index in [0.717, 1.165) is 12.8 Å². The lowest BCUT2D eigenvalue weighted by molar-refractivity contribution is -0.121.